The molecule has 3 heterocycles. The number of piperazine rings is 1. The number of amides is 1. The highest BCUT2D eigenvalue weighted by molar-refractivity contribution is 5.76. The van der Waals surface area contributed by atoms with Crippen molar-refractivity contribution in [2.75, 3.05) is 44.2 Å². The highest BCUT2D eigenvalue weighted by Crippen LogP contribution is 2.21. The van der Waals surface area contributed by atoms with Crippen LogP contribution in [0.4, 0.5) is 5.82 Å². The lowest BCUT2D eigenvalue weighted by atomic mass is 9.93. The monoisotopic (exact) mass is 379 g/mol. The van der Waals surface area contributed by atoms with E-state index in [1.807, 2.05) is 47.5 Å². The number of rotatable bonds is 5. The maximum atomic E-state index is 12.6. The molecule has 2 aliphatic rings. The molecule has 6 nitrogen and oxygen atoms in total. The molecular formula is C22H29N5O. The molecule has 1 aromatic heterocycles. The standard InChI is InChI=1S/C22H29N5O/c28-21(7-6-18-8-11-23-12-9-18)27-16-14-26(15-17-27)20-10-13-24-22(25-20)19-4-2-1-3-5-19/h1-5,10,13,18,23H,6-9,11-12,14-17H2. The third kappa shape index (κ3) is 4.68. The number of hydrogen-bond donors (Lipinski definition) is 1. The fourth-order valence-corrected chi connectivity index (χ4v) is 4.09. The Balaban J connectivity index is 1.30. The summed E-state index contributed by atoms with van der Waals surface area (Å²) >= 11 is 0. The molecule has 0 spiro atoms. The van der Waals surface area contributed by atoms with Crippen LogP contribution in [0.25, 0.3) is 11.4 Å². The molecule has 2 saturated heterocycles. The third-order valence-corrected chi connectivity index (χ3v) is 5.85. The van der Waals surface area contributed by atoms with Crippen LogP contribution in [0.1, 0.15) is 25.7 Å². The van der Waals surface area contributed by atoms with Crippen LogP contribution >= 0.6 is 0 Å². The van der Waals surface area contributed by atoms with Crippen LogP contribution in [-0.4, -0.2) is 60.0 Å². The van der Waals surface area contributed by atoms with Gasteiger partial charge in [-0.15, -0.1) is 0 Å². The summed E-state index contributed by atoms with van der Waals surface area (Å²) in [7, 11) is 0. The summed E-state index contributed by atoms with van der Waals surface area (Å²) in [4.78, 5) is 26.0. The van der Waals surface area contributed by atoms with E-state index in [9.17, 15) is 4.79 Å². The van der Waals surface area contributed by atoms with E-state index in [-0.39, 0.29) is 0 Å². The summed E-state index contributed by atoms with van der Waals surface area (Å²) in [5.74, 6) is 2.71. The summed E-state index contributed by atoms with van der Waals surface area (Å²) in [6.07, 6.45) is 5.96. The molecule has 2 aromatic rings. The molecule has 0 aliphatic carbocycles. The molecule has 0 radical (unpaired) electrons. The first kappa shape index (κ1) is 18.9. The van der Waals surface area contributed by atoms with E-state index < -0.39 is 0 Å². The molecular weight excluding hydrogens is 350 g/mol. The predicted octanol–water partition coefficient (Wildman–Crippen LogP) is 2.57. The van der Waals surface area contributed by atoms with Crippen LogP contribution in [0.5, 0.6) is 0 Å². The number of nitrogens with zero attached hydrogens (tertiary/aromatic N) is 4. The largest absolute Gasteiger partial charge is 0.353 e. The summed E-state index contributed by atoms with van der Waals surface area (Å²) < 4.78 is 0. The van der Waals surface area contributed by atoms with Crippen molar-refractivity contribution in [1.82, 2.24) is 20.2 Å². The Kier molecular flexibility index (Phi) is 6.17. The van der Waals surface area contributed by atoms with Gasteiger partial charge < -0.3 is 15.1 Å². The van der Waals surface area contributed by atoms with E-state index in [4.69, 9.17) is 4.98 Å². The highest BCUT2D eigenvalue weighted by atomic mass is 16.2. The lowest BCUT2D eigenvalue weighted by Crippen LogP contribution is -2.49. The average Bonchev–Trinajstić information content (AvgIpc) is 2.79. The van der Waals surface area contributed by atoms with Gasteiger partial charge in [0, 0.05) is 44.4 Å². The Bertz CT molecular complexity index is 768. The Hall–Kier alpha value is -2.47. The first-order chi connectivity index (χ1) is 13.8. The summed E-state index contributed by atoms with van der Waals surface area (Å²) in [5, 5.41) is 3.39. The molecule has 2 fully saturated rings. The van der Waals surface area contributed by atoms with Crippen LogP contribution in [0.2, 0.25) is 0 Å². The fraction of sp³-hybridized carbons (Fsp3) is 0.500. The first-order valence-corrected chi connectivity index (χ1v) is 10.4. The Labute approximate surface area is 167 Å². The van der Waals surface area contributed by atoms with E-state index in [0.717, 1.165) is 62.9 Å². The number of hydrogen-bond acceptors (Lipinski definition) is 5. The van der Waals surface area contributed by atoms with Gasteiger partial charge in [0.25, 0.3) is 0 Å². The minimum Gasteiger partial charge on any atom is -0.353 e. The molecule has 1 amide bonds. The predicted molar refractivity (Wildman–Crippen MR) is 111 cm³/mol. The smallest absolute Gasteiger partial charge is 0.222 e. The van der Waals surface area contributed by atoms with E-state index in [2.05, 4.69) is 15.2 Å². The zero-order valence-corrected chi connectivity index (χ0v) is 16.4. The van der Waals surface area contributed by atoms with Crippen LogP contribution in [0.15, 0.2) is 42.6 Å². The van der Waals surface area contributed by atoms with E-state index in [1.165, 1.54) is 12.8 Å². The fourth-order valence-electron chi connectivity index (χ4n) is 4.09. The number of carbonyl (C=O) groups is 1. The van der Waals surface area contributed by atoms with E-state index in [0.29, 0.717) is 18.2 Å². The van der Waals surface area contributed by atoms with Crippen molar-refractivity contribution in [3.8, 4) is 11.4 Å². The van der Waals surface area contributed by atoms with Gasteiger partial charge in [-0.1, -0.05) is 30.3 Å². The quantitative estimate of drug-likeness (QED) is 0.865. The Morgan fingerprint density at radius 3 is 2.54 bits per heavy atom. The van der Waals surface area contributed by atoms with Gasteiger partial charge in [-0.3, -0.25) is 4.79 Å². The molecule has 0 bridgehead atoms. The van der Waals surface area contributed by atoms with Crippen LogP contribution < -0.4 is 10.2 Å². The Morgan fingerprint density at radius 1 is 1.04 bits per heavy atom. The average molecular weight is 380 g/mol. The number of aromatic nitrogens is 2. The van der Waals surface area contributed by atoms with Crippen molar-refractivity contribution in [1.29, 1.82) is 0 Å². The second kappa shape index (κ2) is 9.15. The van der Waals surface area contributed by atoms with Gasteiger partial charge in [-0.05, 0) is 44.3 Å². The third-order valence-electron chi connectivity index (χ3n) is 5.85. The lowest BCUT2D eigenvalue weighted by Gasteiger charge is -2.35. The zero-order chi connectivity index (χ0) is 19.2. The van der Waals surface area contributed by atoms with Crippen molar-refractivity contribution in [2.24, 2.45) is 5.92 Å². The molecule has 6 heteroatoms. The molecule has 1 N–H and O–H groups in total. The molecule has 28 heavy (non-hydrogen) atoms. The zero-order valence-electron chi connectivity index (χ0n) is 16.4. The van der Waals surface area contributed by atoms with Crippen molar-refractivity contribution < 1.29 is 4.79 Å². The normalized spacial score (nSPS) is 18.3. The first-order valence-electron chi connectivity index (χ1n) is 10.4. The SMILES string of the molecule is O=C(CCC1CCNCC1)N1CCN(c2ccnc(-c3ccccc3)n2)CC1. The van der Waals surface area contributed by atoms with Crippen LogP contribution in [0, 0.1) is 5.92 Å². The van der Waals surface area contributed by atoms with Gasteiger partial charge >= 0.3 is 0 Å². The van der Waals surface area contributed by atoms with E-state index in [1.54, 1.807) is 0 Å². The van der Waals surface area contributed by atoms with Crippen molar-refractivity contribution in [3.63, 3.8) is 0 Å². The second-order valence-corrected chi connectivity index (χ2v) is 7.70. The number of nitrogens with one attached hydrogen (secondary N) is 1. The minimum absolute atomic E-state index is 0.311. The van der Waals surface area contributed by atoms with Gasteiger partial charge in [-0.2, -0.15) is 0 Å². The maximum absolute atomic E-state index is 12.6. The number of piperidine rings is 1. The minimum atomic E-state index is 0.311. The molecule has 148 valence electrons. The maximum Gasteiger partial charge on any atom is 0.222 e. The number of benzene rings is 1. The summed E-state index contributed by atoms with van der Waals surface area (Å²) in [6, 6.07) is 12.0. The van der Waals surface area contributed by atoms with Gasteiger partial charge in [0.2, 0.25) is 5.91 Å². The topological polar surface area (TPSA) is 61.4 Å². The van der Waals surface area contributed by atoms with Crippen molar-refractivity contribution in [3.05, 3.63) is 42.6 Å². The second-order valence-electron chi connectivity index (χ2n) is 7.70. The van der Waals surface area contributed by atoms with Gasteiger partial charge in [0.1, 0.15) is 5.82 Å². The van der Waals surface area contributed by atoms with Gasteiger partial charge in [-0.25, -0.2) is 9.97 Å². The lowest BCUT2D eigenvalue weighted by molar-refractivity contribution is -0.131. The molecule has 0 saturated carbocycles. The molecule has 1 aromatic carbocycles. The number of anilines is 1. The van der Waals surface area contributed by atoms with Crippen molar-refractivity contribution >= 4 is 11.7 Å². The number of carbonyl (C=O) groups excluding carboxylic acids is 1. The van der Waals surface area contributed by atoms with Gasteiger partial charge in [0.15, 0.2) is 5.82 Å². The molecule has 4 rings (SSSR count). The highest BCUT2D eigenvalue weighted by Gasteiger charge is 2.23. The molecule has 0 unspecified atom stereocenters. The molecule has 2 aliphatic heterocycles. The summed E-state index contributed by atoms with van der Waals surface area (Å²) in [6.45, 7) is 5.39. The van der Waals surface area contributed by atoms with Gasteiger partial charge in [0.05, 0.1) is 0 Å². The van der Waals surface area contributed by atoms with Crippen LogP contribution in [0.3, 0.4) is 0 Å². The van der Waals surface area contributed by atoms with E-state index >= 15 is 0 Å². The molecule has 0 atom stereocenters. The summed E-state index contributed by atoms with van der Waals surface area (Å²) in [5.41, 5.74) is 1.02. The Morgan fingerprint density at radius 2 is 1.79 bits per heavy atom. The van der Waals surface area contributed by atoms with Crippen LogP contribution in [-0.2, 0) is 4.79 Å². The van der Waals surface area contributed by atoms with Crippen molar-refractivity contribution in [2.45, 2.75) is 25.7 Å².